The molecule has 0 unspecified atom stereocenters. The molecule has 0 spiro atoms. The fourth-order valence-electron chi connectivity index (χ4n) is 10.8. The lowest BCUT2D eigenvalue weighted by molar-refractivity contribution is 0.0490. The van der Waals surface area contributed by atoms with E-state index >= 15 is 0 Å². The van der Waals surface area contributed by atoms with Crippen LogP contribution in [-0.2, 0) is 48.7 Å². The Morgan fingerprint density at radius 2 is 0.736 bits per heavy atom. The monoisotopic (exact) mass is 972 g/mol. The first-order valence-electron chi connectivity index (χ1n) is 25.3. The van der Waals surface area contributed by atoms with Gasteiger partial charge in [-0.25, -0.2) is 0 Å². The number of methoxy groups -OCH3 is 4. The van der Waals surface area contributed by atoms with E-state index in [0.717, 1.165) is 64.6 Å². The van der Waals surface area contributed by atoms with Crippen LogP contribution in [0.3, 0.4) is 0 Å². The van der Waals surface area contributed by atoms with Gasteiger partial charge >= 0.3 is 0 Å². The van der Waals surface area contributed by atoms with Gasteiger partial charge in [0.25, 0.3) is 0 Å². The fraction of sp³-hybridized carbons (Fsp3) is 0.377. The van der Waals surface area contributed by atoms with E-state index in [9.17, 15) is 0 Å². The van der Waals surface area contributed by atoms with E-state index in [1.165, 1.54) is 44.5 Å². The quantitative estimate of drug-likeness (QED) is 0.0437. The SMILES string of the molecule is COCCOCCC1(CCOCCOC)c2ccccc2-c2ccc(-c3ccc(-c4ccc5c(c4)C(CCOCCOC)(CCOCCOC)c4ccccc4-5)c(-c4nnc(-c5ccc(C)cc5)o4)c3)cc21. The summed E-state index contributed by atoms with van der Waals surface area (Å²) < 4.78 is 52.9. The summed E-state index contributed by atoms with van der Waals surface area (Å²) in [6.45, 7) is 8.66. The number of nitrogens with zero attached hydrogens (tertiary/aromatic N) is 2. The minimum absolute atomic E-state index is 0.349. The average molecular weight is 973 g/mol. The standard InChI is InChI=1S/C61H68N2O9/c1-43-14-16-44(17-15-43)58-62-63-59(72-58)53-40-45(46-19-22-51-49-10-6-8-12-54(49)60(56(51)41-46,24-28-68-36-32-64-2)25-29-69-37-33-65-3)18-21-48(53)47-20-23-52-50-11-7-9-13-55(50)61(57(52)42-47,26-30-70-38-34-66-4)27-31-71-39-35-67-5/h6-23,40-42H,24-39H2,1-5H3. The number of rotatable bonds is 28. The number of hydrogen-bond donors (Lipinski definition) is 0. The number of ether oxygens (including phenoxy) is 8. The maximum Gasteiger partial charge on any atom is 0.248 e. The third kappa shape index (κ3) is 10.8. The Morgan fingerprint density at radius 1 is 0.347 bits per heavy atom. The van der Waals surface area contributed by atoms with E-state index in [1.807, 2.05) is 12.1 Å². The highest BCUT2D eigenvalue weighted by Gasteiger charge is 2.44. The number of hydrogen-bond acceptors (Lipinski definition) is 11. The summed E-state index contributed by atoms with van der Waals surface area (Å²) in [6.07, 6.45) is 3.12. The molecule has 0 N–H and O–H groups in total. The third-order valence-corrected chi connectivity index (χ3v) is 14.6. The molecule has 1 heterocycles. The van der Waals surface area contributed by atoms with E-state index in [0.29, 0.717) is 91.1 Å². The number of fused-ring (bicyclic) bond motifs is 6. The Morgan fingerprint density at radius 3 is 1.22 bits per heavy atom. The summed E-state index contributed by atoms with van der Waals surface area (Å²) in [5.41, 5.74) is 16.3. The van der Waals surface area contributed by atoms with Crippen LogP contribution >= 0.6 is 0 Å². The second kappa shape index (κ2) is 24.2. The predicted molar refractivity (Wildman–Crippen MR) is 282 cm³/mol. The first-order valence-corrected chi connectivity index (χ1v) is 25.3. The van der Waals surface area contributed by atoms with Gasteiger partial charge in [0.05, 0.1) is 52.9 Å². The van der Waals surface area contributed by atoms with Gasteiger partial charge < -0.3 is 42.3 Å². The molecule has 6 aromatic carbocycles. The van der Waals surface area contributed by atoms with Gasteiger partial charge in [0.2, 0.25) is 11.8 Å². The van der Waals surface area contributed by atoms with Crippen molar-refractivity contribution in [1.82, 2.24) is 10.2 Å². The Kier molecular flexibility index (Phi) is 17.2. The lowest BCUT2D eigenvalue weighted by Crippen LogP contribution is -2.29. The van der Waals surface area contributed by atoms with Gasteiger partial charge in [-0.15, -0.1) is 10.2 Å². The predicted octanol–water partition coefficient (Wildman–Crippen LogP) is 11.8. The molecule has 1 aromatic heterocycles. The maximum atomic E-state index is 6.68. The van der Waals surface area contributed by atoms with Gasteiger partial charge in [-0.05, 0) is 130 Å². The molecule has 0 radical (unpaired) electrons. The molecule has 11 heteroatoms. The van der Waals surface area contributed by atoms with Crippen LogP contribution in [0, 0.1) is 6.92 Å². The van der Waals surface area contributed by atoms with Crippen molar-refractivity contribution in [2.75, 3.05) is 108 Å². The number of aryl methyl sites for hydroxylation is 1. The van der Waals surface area contributed by atoms with E-state index in [4.69, 9.17) is 47.4 Å². The molecule has 0 aliphatic heterocycles. The van der Waals surface area contributed by atoms with Crippen LogP contribution in [0.2, 0.25) is 0 Å². The van der Waals surface area contributed by atoms with Gasteiger partial charge in [0.15, 0.2) is 0 Å². The Labute approximate surface area is 424 Å². The van der Waals surface area contributed by atoms with Crippen molar-refractivity contribution in [2.24, 2.45) is 0 Å². The lowest BCUT2D eigenvalue weighted by Gasteiger charge is -2.33. The summed E-state index contributed by atoms with van der Waals surface area (Å²) in [6, 6.07) is 46.2. The van der Waals surface area contributed by atoms with Crippen molar-refractivity contribution in [3.8, 4) is 67.4 Å². The molecule has 0 saturated carbocycles. The molecule has 9 rings (SSSR count). The minimum atomic E-state index is -0.372. The molecule has 7 aromatic rings. The molecule has 0 bridgehead atoms. The zero-order chi connectivity index (χ0) is 49.8. The fourth-order valence-corrected chi connectivity index (χ4v) is 10.8. The van der Waals surface area contributed by atoms with Crippen molar-refractivity contribution in [1.29, 1.82) is 0 Å². The molecule has 0 atom stereocenters. The summed E-state index contributed by atoms with van der Waals surface area (Å²) in [5.74, 6) is 0.909. The smallest absolute Gasteiger partial charge is 0.248 e. The summed E-state index contributed by atoms with van der Waals surface area (Å²) in [7, 11) is 6.81. The highest BCUT2D eigenvalue weighted by atomic mass is 16.5. The summed E-state index contributed by atoms with van der Waals surface area (Å²) >= 11 is 0. The average Bonchev–Trinajstić information content (AvgIpc) is 4.09. The molecule has 0 amide bonds. The van der Waals surface area contributed by atoms with Crippen molar-refractivity contribution in [3.05, 3.63) is 155 Å². The summed E-state index contributed by atoms with van der Waals surface area (Å²) in [4.78, 5) is 0. The van der Waals surface area contributed by atoms with Gasteiger partial charge in [-0.1, -0.05) is 103 Å². The lowest BCUT2D eigenvalue weighted by atomic mass is 9.72. The zero-order valence-corrected chi connectivity index (χ0v) is 42.5. The van der Waals surface area contributed by atoms with Gasteiger partial charge in [-0.2, -0.15) is 0 Å². The van der Waals surface area contributed by atoms with Crippen LogP contribution in [0.25, 0.3) is 67.4 Å². The van der Waals surface area contributed by atoms with Crippen LogP contribution in [-0.4, -0.2) is 118 Å². The van der Waals surface area contributed by atoms with Crippen LogP contribution in [0.4, 0.5) is 0 Å². The highest BCUT2D eigenvalue weighted by molar-refractivity contribution is 5.90. The van der Waals surface area contributed by atoms with Crippen molar-refractivity contribution >= 4 is 0 Å². The normalized spacial score (nSPS) is 13.8. The second-order valence-electron chi connectivity index (χ2n) is 18.7. The van der Waals surface area contributed by atoms with Crippen LogP contribution in [0.5, 0.6) is 0 Å². The molecule has 2 aliphatic rings. The molecule has 11 nitrogen and oxygen atoms in total. The minimum Gasteiger partial charge on any atom is -0.416 e. The van der Waals surface area contributed by atoms with Crippen LogP contribution < -0.4 is 0 Å². The third-order valence-electron chi connectivity index (χ3n) is 14.6. The van der Waals surface area contributed by atoms with E-state index in [2.05, 4.69) is 127 Å². The maximum absolute atomic E-state index is 6.68. The topological polar surface area (TPSA) is 113 Å². The molecule has 0 fully saturated rings. The highest BCUT2D eigenvalue weighted by Crippen LogP contribution is 2.56. The largest absolute Gasteiger partial charge is 0.416 e. The molecule has 0 saturated heterocycles. The summed E-state index contributed by atoms with van der Waals surface area (Å²) in [5, 5.41) is 9.40. The molecule has 376 valence electrons. The van der Waals surface area contributed by atoms with E-state index < -0.39 is 0 Å². The van der Waals surface area contributed by atoms with Gasteiger partial charge in [0, 0.05) is 76.8 Å². The van der Waals surface area contributed by atoms with E-state index in [1.54, 1.807) is 28.4 Å². The first-order chi connectivity index (χ1) is 35.4. The number of benzene rings is 6. The molecule has 2 aliphatic carbocycles. The van der Waals surface area contributed by atoms with Gasteiger partial charge in [0.1, 0.15) is 0 Å². The van der Waals surface area contributed by atoms with E-state index in [-0.39, 0.29) is 10.8 Å². The van der Waals surface area contributed by atoms with Crippen molar-refractivity contribution in [3.63, 3.8) is 0 Å². The van der Waals surface area contributed by atoms with Gasteiger partial charge in [-0.3, -0.25) is 0 Å². The zero-order valence-electron chi connectivity index (χ0n) is 42.5. The van der Waals surface area contributed by atoms with Crippen molar-refractivity contribution < 1.29 is 42.3 Å². The molecule has 72 heavy (non-hydrogen) atoms. The Bertz CT molecular complexity index is 2850. The molecular weight excluding hydrogens is 905 g/mol. The second-order valence-corrected chi connectivity index (χ2v) is 18.7. The van der Waals surface area contributed by atoms with Crippen LogP contribution in [0.15, 0.2) is 132 Å². The van der Waals surface area contributed by atoms with Crippen LogP contribution in [0.1, 0.15) is 53.5 Å². The van der Waals surface area contributed by atoms with Crippen molar-refractivity contribution in [2.45, 2.75) is 43.4 Å². The Hall–Kier alpha value is -5.86. The Balaban J connectivity index is 1.16. The number of aromatic nitrogens is 2. The molecular formula is C61H68N2O9. The first kappa shape index (κ1) is 51.1.